The number of amides is 1. The van der Waals surface area contributed by atoms with Crippen molar-refractivity contribution < 1.29 is 4.79 Å². The van der Waals surface area contributed by atoms with Crippen LogP contribution < -0.4 is 11.0 Å². The molecule has 0 aliphatic carbocycles. The molecule has 2 aromatic heterocycles. The molecule has 0 bridgehead atoms. The first-order chi connectivity index (χ1) is 10.0. The van der Waals surface area contributed by atoms with Crippen LogP contribution in [-0.4, -0.2) is 31.8 Å². The lowest BCUT2D eigenvalue weighted by atomic mass is 10.2. The average molecular weight is 289 g/mol. The highest BCUT2D eigenvalue weighted by Crippen LogP contribution is 2.12. The van der Waals surface area contributed by atoms with Crippen LogP contribution in [0.5, 0.6) is 0 Å². The van der Waals surface area contributed by atoms with Gasteiger partial charge in [-0.3, -0.25) is 14.3 Å². The highest BCUT2D eigenvalue weighted by atomic mass is 16.2. The van der Waals surface area contributed by atoms with E-state index in [1.165, 1.54) is 9.25 Å². The van der Waals surface area contributed by atoms with Gasteiger partial charge in [0.1, 0.15) is 0 Å². The summed E-state index contributed by atoms with van der Waals surface area (Å²) in [6, 6.07) is 3.64. The molecule has 0 atom stereocenters. The number of hydrogen-bond acceptors (Lipinski definition) is 4. The van der Waals surface area contributed by atoms with Crippen LogP contribution in [0.2, 0.25) is 0 Å². The predicted octanol–water partition coefficient (Wildman–Crippen LogP) is 0.416. The molecule has 1 amide bonds. The highest BCUT2D eigenvalue weighted by molar-refractivity contribution is 5.77. The van der Waals surface area contributed by atoms with Gasteiger partial charge in [-0.05, 0) is 12.1 Å². The van der Waals surface area contributed by atoms with E-state index >= 15 is 0 Å². The van der Waals surface area contributed by atoms with E-state index < -0.39 is 0 Å². The molecule has 21 heavy (non-hydrogen) atoms. The first-order valence-corrected chi connectivity index (χ1v) is 6.82. The molecule has 7 nitrogen and oxygen atoms in total. The van der Waals surface area contributed by atoms with Gasteiger partial charge in [0.15, 0.2) is 5.82 Å². The summed E-state index contributed by atoms with van der Waals surface area (Å²) in [7, 11) is 1.67. The number of pyridine rings is 1. The fourth-order valence-electron chi connectivity index (χ4n) is 1.87. The highest BCUT2D eigenvalue weighted by Gasteiger charge is 2.12. The van der Waals surface area contributed by atoms with E-state index in [0.717, 1.165) is 5.56 Å². The third kappa shape index (κ3) is 3.36. The fourth-order valence-corrected chi connectivity index (χ4v) is 1.87. The Morgan fingerprint density at radius 2 is 2.19 bits per heavy atom. The van der Waals surface area contributed by atoms with Gasteiger partial charge >= 0.3 is 5.69 Å². The number of rotatable bonds is 5. The van der Waals surface area contributed by atoms with Crippen LogP contribution in [0.1, 0.15) is 13.8 Å². The lowest BCUT2D eigenvalue weighted by molar-refractivity contribution is -0.124. The van der Waals surface area contributed by atoms with Crippen LogP contribution >= 0.6 is 0 Å². The molecule has 0 spiro atoms. The summed E-state index contributed by atoms with van der Waals surface area (Å²) >= 11 is 0. The molecular formula is C14H19N5O2. The SMILES string of the molecule is CC(C)C(=O)NCCn1nc(-c2cccnc2)n(C)c1=O. The molecular weight excluding hydrogens is 270 g/mol. The lowest BCUT2D eigenvalue weighted by Crippen LogP contribution is -2.33. The van der Waals surface area contributed by atoms with Crippen molar-refractivity contribution >= 4 is 5.91 Å². The fraction of sp³-hybridized carbons (Fsp3) is 0.429. The van der Waals surface area contributed by atoms with E-state index in [9.17, 15) is 9.59 Å². The second-order valence-corrected chi connectivity index (χ2v) is 5.08. The van der Waals surface area contributed by atoms with E-state index in [-0.39, 0.29) is 17.5 Å². The first-order valence-electron chi connectivity index (χ1n) is 6.82. The Bertz CT molecular complexity index is 672. The Morgan fingerprint density at radius 1 is 1.43 bits per heavy atom. The monoisotopic (exact) mass is 289 g/mol. The second-order valence-electron chi connectivity index (χ2n) is 5.08. The van der Waals surface area contributed by atoms with Crippen molar-refractivity contribution in [3.8, 4) is 11.4 Å². The summed E-state index contributed by atoms with van der Waals surface area (Å²) in [6.45, 7) is 4.36. The van der Waals surface area contributed by atoms with Crippen LogP contribution in [0, 0.1) is 5.92 Å². The minimum atomic E-state index is -0.215. The Morgan fingerprint density at radius 3 is 2.81 bits per heavy atom. The molecule has 0 saturated carbocycles. The van der Waals surface area contributed by atoms with E-state index in [1.807, 2.05) is 19.9 Å². The van der Waals surface area contributed by atoms with Crippen LogP contribution in [0.15, 0.2) is 29.3 Å². The molecule has 0 fully saturated rings. The minimum Gasteiger partial charge on any atom is -0.354 e. The van der Waals surface area contributed by atoms with Gasteiger partial charge in [0.05, 0.1) is 6.54 Å². The average Bonchev–Trinajstić information content (AvgIpc) is 2.76. The maximum atomic E-state index is 12.1. The van der Waals surface area contributed by atoms with E-state index in [4.69, 9.17) is 0 Å². The predicted molar refractivity (Wildman–Crippen MR) is 78.5 cm³/mol. The molecule has 112 valence electrons. The zero-order valence-corrected chi connectivity index (χ0v) is 12.4. The Kier molecular flexibility index (Phi) is 4.52. The number of aromatic nitrogens is 4. The van der Waals surface area contributed by atoms with Crippen LogP contribution in [-0.2, 0) is 18.4 Å². The molecule has 1 N–H and O–H groups in total. The van der Waals surface area contributed by atoms with Crippen molar-refractivity contribution in [2.24, 2.45) is 13.0 Å². The number of carbonyl (C=O) groups excluding carboxylic acids is 1. The number of nitrogens with zero attached hydrogens (tertiary/aromatic N) is 4. The van der Waals surface area contributed by atoms with Crippen molar-refractivity contribution in [3.63, 3.8) is 0 Å². The number of carbonyl (C=O) groups is 1. The van der Waals surface area contributed by atoms with Gasteiger partial charge in [0.2, 0.25) is 5.91 Å². The van der Waals surface area contributed by atoms with Gasteiger partial charge in [-0.15, -0.1) is 5.10 Å². The van der Waals surface area contributed by atoms with E-state index in [1.54, 1.807) is 25.5 Å². The maximum Gasteiger partial charge on any atom is 0.345 e. The van der Waals surface area contributed by atoms with Crippen molar-refractivity contribution in [2.75, 3.05) is 6.54 Å². The second kappa shape index (κ2) is 6.34. The van der Waals surface area contributed by atoms with Gasteiger partial charge < -0.3 is 5.32 Å². The molecule has 2 rings (SSSR count). The summed E-state index contributed by atoms with van der Waals surface area (Å²) < 4.78 is 2.82. The van der Waals surface area contributed by atoms with Gasteiger partial charge in [0.25, 0.3) is 0 Å². The summed E-state index contributed by atoms with van der Waals surface area (Å²) in [5, 5.41) is 7.06. The third-order valence-corrected chi connectivity index (χ3v) is 3.11. The van der Waals surface area contributed by atoms with Gasteiger partial charge in [-0.2, -0.15) is 0 Å². The van der Waals surface area contributed by atoms with Gasteiger partial charge in [0, 0.05) is 37.5 Å². The maximum absolute atomic E-state index is 12.1. The molecule has 7 heteroatoms. The normalized spacial score (nSPS) is 10.9. The number of nitrogens with one attached hydrogen (secondary N) is 1. The largest absolute Gasteiger partial charge is 0.354 e. The molecule has 2 aromatic rings. The Balaban J connectivity index is 2.12. The summed E-state index contributed by atoms with van der Waals surface area (Å²) in [5.41, 5.74) is 0.565. The quantitative estimate of drug-likeness (QED) is 0.864. The van der Waals surface area contributed by atoms with E-state index in [2.05, 4.69) is 15.4 Å². The third-order valence-electron chi connectivity index (χ3n) is 3.11. The van der Waals surface area contributed by atoms with Crippen molar-refractivity contribution in [3.05, 3.63) is 35.0 Å². The zero-order valence-electron chi connectivity index (χ0n) is 12.4. The smallest absolute Gasteiger partial charge is 0.345 e. The molecule has 0 radical (unpaired) electrons. The van der Waals surface area contributed by atoms with Gasteiger partial charge in [-0.25, -0.2) is 9.48 Å². The Labute approximate surface area is 122 Å². The van der Waals surface area contributed by atoms with Crippen molar-refractivity contribution in [1.82, 2.24) is 24.6 Å². The van der Waals surface area contributed by atoms with E-state index in [0.29, 0.717) is 18.9 Å². The summed E-state index contributed by atoms with van der Waals surface area (Å²) in [5.74, 6) is 0.450. The molecule has 0 saturated heterocycles. The standard InChI is InChI=1S/C14H19N5O2/c1-10(2)13(20)16-7-8-19-14(21)18(3)12(17-19)11-5-4-6-15-9-11/h4-6,9-10H,7-8H2,1-3H3,(H,16,20). The van der Waals surface area contributed by atoms with Crippen molar-refractivity contribution in [1.29, 1.82) is 0 Å². The topological polar surface area (TPSA) is 81.8 Å². The molecule has 0 unspecified atom stereocenters. The molecule has 0 aliphatic heterocycles. The first kappa shape index (κ1) is 15.0. The van der Waals surface area contributed by atoms with Gasteiger partial charge in [-0.1, -0.05) is 13.8 Å². The molecule has 0 aromatic carbocycles. The van der Waals surface area contributed by atoms with Crippen LogP contribution in [0.25, 0.3) is 11.4 Å². The van der Waals surface area contributed by atoms with Crippen LogP contribution in [0.3, 0.4) is 0 Å². The lowest BCUT2D eigenvalue weighted by Gasteiger charge is -2.06. The summed E-state index contributed by atoms with van der Waals surface area (Å²) in [4.78, 5) is 27.6. The zero-order chi connectivity index (χ0) is 15.4. The number of hydrogen-bond donors (Lipinski definition) is 1. The van der Waals surface area contributed by atoms with Crippen molar-refractivity contribution in [2.45, 2.75) is 20.4 Å². The molecule has 2 heterocycles. The minimum absolute atomic E-state index is 0.0357. The molecule has 0 aliphatic rings. The van der Waals surface area contributed by atoms with Crippen LogP contribution in [0.4, 0.5) is 0 Å². The summed E-state index contributed by atoms with van der Waals surface area (Å²) in [6.07, 6.45) is 3.33. The Hall–Kier alpha value is -2.44.